The number of hydrogen-bond donors (Lipinski definition) is 3. The summed E-state index contributed by atoms with van der Waals surface area (Å²) in [5.41, 5.74) is 8.12. The zero-order valence-electron chi connectivity index (χ0n) is 11.2. The van der Waals surface area contributed by atoms with Gasteiger partial charge in [-0.1, -0.05) is 6.42 Å². The van der Waals surface area contributed by atoms with Crippen molar-refractivity contribution in [3.63, 3.8) is 0 Å². The summed E-state index contributed by atoms with van der Waals surface area (Å²) in [5.74, 6) is 1.15. The van der Waals surface area contributed by atoms with Crippen LogP contribution in [0.5, 0.6) is 0 Å². The summed E-state index contributed by atoms with van der Waals surface area (Å²) in [6.45, 7) is 0.939. The first kappa shape index (κ1) is 14.1. The highest BCUT2D eigenvalue weighted by molar-refractivity contribution is 7.99. The minimum atomic E-state index is -0.110. The Morgan fingerprint density at radius 3 is 2.95 bits per heavy atom. The van der Waals surface area contributed by atoms with E-state index in [-0.39, 0.29) is 5.91 Å². The maximum absolute atomic E-state index is 11.5. The number of nitrogen functional groups attached to an aromatic ring is 1. The molecule has 1 atom stereocenters. The fourth-order valence-electron chi connectivity index (χ4n) is 2.20. The fraction of sp³-hybridized carbons (Fsp3) is 0.500. The van der Waals surface area contributed by atoms with Crippen molar-refractivity contribution in [2.45, 2.75) is 24.5 Å². The molecular formula is C14H21N3OS. The molecule has 0 saturated carbocycles. The van der Waals surface area contributed by atoms with Crippen molar-refractivity contribution in [1.82, 2.24) is 5.32 Å². The zero-order chi connectivity index (χ0) is 13.7. The largest absolute Gasteiger partial charge is 0.397 e. The van der Waals surface area contributed by atoms with Gasteiger partial charge in [-0.25, -0.2) is 0 Å². The number of carbonyl (C=O) groups is 1. The summed E-state index contributed by atoms with van der Waals surface area (Å²) >= 11 is 2.03. The van der Waals surface area contributed by atoms with E-state index in [1.165, 1.54) is 25.0 Å². The third-order valence-electron chi connectivity index (χ3n) is 3.33. The molecular weight excluding hydrogens is 258 g/mol. The number of amides is 1. The Morgan fingerprint density at radius 1 is 1.47 bits per heavy atom. The van der Waals surface area contributed by atoms with Gasteiger partial charge in [0.2, 0.25) is 0 Å². The summed E-state index contributed by atoms with van der Waals surface area (Å²) < 4.78 is 0. The van der Waals surface area contributed by atoms with Gasteiger partial charge in [0.15, 0.2) is 0 Å². The lowest BCUT2D eigenvalue weighted by atomic mass is 10.1. The molecule has 4 nitrogen and oxygen atoms in total. The van der Waals surface area contributed by atoms with E-state index in [0.717, 1.165) is 12.2 Å². The van der Waals surface area contributed by atoms with E-state index in [1.54, 1.807) is 19.2 Å². The van der Waals surface area contributed by atoms with E-state index >= 15 is 0 Å². The van der Waals surface area contributed by atoms with Crippen LogP contribution in [0.4, 0.5) is 11.4 Å². The molecule has 1 saturated heterocycles. The zero-order valence-corrected chi connectivity index (χ0v) is 12.1. The van der Waals surface area contributed by atoms with Crippen LogP contribution in [0.3, 0.4) is 0 Å². The highest BCUT2D eigenvalue weighted by Crippen LogP contribution is 2.26. The van der Waals surface area contributed by atoms with E-state index < -0.39 is 0 Å². The van der Waals surface area contributed by atoms with Crippen molar-refractivity contribution in [3.8, 4) is 0 Å². The summed E-state index contributed by atoms with van der Waals surface area (Å²) in [6.07, 6.45) is 3.93. The van der Waals surface area contributed by atoms with Crippen molar-refractivity contribution < 1.29 is 4.79 Å². The standard InChI is InChI=1S/C14H21N3OS/c1-16-14(18)10-5-6-13(12(15)8-10)17-9-11-4-2-3-7-19-11/h5-6,8,11,17H,2-4,7,9,15H2,1H3,(H,16,18). The normalized spacial score (nSPS) is 18.9. The van der Waals surface area contributed by atoms with Gasteiger partial charge < -0.3 is 16.4 Å². The minimum Gasteiger partial charge on any atom is -0.397 e. The molecule has 0 radical (unpaired) electrons. The molecule has 1 aliphatic heterocycles. The molecule has 5 heteroatoms. The molecule has 104 valence electrons. The topological polar surface area (TPSA) is 67.2 Å². The molecule has 1 aromatic carbocycles. The SMILES string of the molecule is CNC(=O)c1ccc(NCC2CCCCS2)c(N)c1. The molecule has 1 aromatic rings. The lowest BCUT2D eigenvalue weighted by molar-refractivity contribution is 0.0963. The van der Waals surface area contributed by atoms with Gasteiger partial charge in [-0.2, -0.15) is 11.8 Å². The van der Waals surface area contributed by atoms with Gasteiger partial charge in [0.25, 0.3) is 5.91 Å². The van der Waals surface area contributed by atoms with E-state index in [4.69, 9.17) is 5.73 Å². The van der Waals surface area contributed by atoms with Crippen molar-refractivity contribution in [1.29, 1.82) is 0 Å². The second-order valence-corrected chi connectivity index (χ2v) is 6.16. The van der Waals surface area contributed by atoms with E-state index in [0.29, 0.717) is 16.5 Å². The van der Waals surface area contributed by atoms with E-state index in [1.807, 2.05) is 17.8 Å². The average molecular weight is 279 g/mol. The van der Waals surface area contributed by atoms with Crippen LogP contribution in [0.25, 0.3) is 0 Å². The monoisotopic (exact) mass is 279 g/mol. The lowest BCUT2D eigenvalue weighted by Crippen LogP contribution is -2.21. The van der Waals surface area contributed by atoms with E-state index in [9.17, 15) is 4.79 Å². The summed E-state index contributed by atoms with van der Waals surface area (Å²) in [4.78, 5) is 11.5. The van der Waals surface area contributed by atoms with Gasteiger partial charge in [0, 0.05) is 24.4 Å². The van der Waals surface area contributed by atoms with Crippen LogP contribution >= 0.6 is 11.8 Å². The van der Waals surface area contributed by atoms with Crippen LogP contribution in [0.1, 0.15) is 29.6 Å². The first-order valence-corrected chi connectivity index (χ1v) is 7.72. The first-order valence-electron chi connectivity index (χ1n) is 6.68. The highest BCUT2D eigenvalue weighted by atomic mass is 32.2. The predicted molar refractivity (Wildman–Crippen MR) is 82.8 cm³/mol. The summed E-state index contributed by atoms with van der Waals surface area (Å²) in [5, 5.41) is 6.66. The molecule has 19 heavy (non-hydrogen) atoms. The highest BCUT2D eigenvalue weighted by Gasteiger charge is 2.14. The number of nitrogens with one attached hydrogen (secondary N) is 2. The second-order valence-electron chi connectivity index (χ2n) is 4.75. The van der Waals surface area contributed by atoms with Crippen molar-refractivity contribution in [2.24, 2.45) is 0 Å². The minimum absolute atomic E-state index is 0.110. The quantitative estimate of drug-likeness (QED) is 0.740. The maximum Gasteiger partial charge on any atom is 0.251 e. The second kappa shape index (κ2) is 6.70. The summed E-state index contributed by atoms with van der Waals surface area (Å²) in [7, 11) is 1.62. The van der Waals surface area contributed by atoms with Crippen molar-refractivity contribution in [2.75, 3.05) is 30.4 Å². The summed E-state index contributed by atoms with van der Waals surface area (Å²) in [6, 6.07) is 5.40. The molecule has 2 rings (SSSR count). The van der Waals surface area contributed by atoms with Crippen LogP contribution in [0, 0.1) is 0 Å². The Balaban J connectivity index is 1.95. The molecule has 1 unspecified atom stereocenters. The van der Waals surface area contributed by atoms with Crippen LogP contribution < -0.4 is 16.4 Å². The van der Waals surface area contributed by atoms with E-state index in [2.05, 4.69) is 10.6 Å². The maximum atomic E-state index is 11.5. The average Bonchev–Trinajstić information content (AvgIpc) is 2.46. The molecule has 0 bridgehead atoms. The molecule has 1 aliphatic rings. The van der Waals surface area contributed by atoms with Gasteiger partial charge >= 0.3 is 0 Å². The third-order valence-corrected chi connectivity index (χ3v) is 4.73. The Morgan fingerprint density at radius 2 is 2.32 bits per heavy atom. The number of thioether (sulfide) groups is 1. The number of benzene rings is 1. The van der Waals surface area contributed by atoms with Gasteiger partial charge in [-0.15, -0.1) is 0 Å². The van der Waals surface area contributed by atoms with Gasteiger partial charge in [-0.3, -0.25) is 4.79 Å². The number of rotatable bonds is 4. The van der Waals surface area contributed by atoms with Crippen molar-refractivity contribution in [3.05, 3.63) is 23.8 Å². The lowest BCUT2D eigenvalue weighted by Gasteiger charge is -2.22. The molecule has 4 N–H and O–H groups in total. The number of anilines is 2. The van der Waals surface area contributed by atoms with Gasteiger partial charge in [0.05, 0.1) is 11.4 Å². The van der Waals surface area contributed by atoms with Crippen molar-refractivity contribution >= 4 is 29.0 Å². The van der Waals surface area contributed by atoms with Crippen LogP contribution in [-0.4, -0.2) is 30.5 Å². The number of nitrogens with two attached hydrogens (primary N) is 1. The van der Waals surface area contributed by atoms with Crippen LogP contribution in [-0.2, 0) is 0 Å². The number of carbonyl (C=O) groups excluding carboxylic acids is 1. The fourth-order valence-corrected chi connectivity index (χ4v) is 3.44. The molecule has 0 aliphatic carbocycles. The first-order chi connectivity index (χ1) is 9.20. The predicted octanol–water partition coefficient (Wildman–Crippen LogP) is 2.33. The smallest absolute Gasteiger partial charge is 0.251 e. The Hall–Kier alpha value is -1.36. The Labute approximate surface area is 118 Å². The van der Waals surface area contributed by atoms with Gasteiger partial charge in [0.1, 0.15) is 0 Å². The van der Waals surface area contributed by atoms with Gasteiger partial charge in [-0.05, 0) is 36.8 Å². The molecule has 1 heterocycles. The number of hydrogen-bond acceptors (Lipinski definition) is 4. The Kier molecular flexibility index (Phi) is 4.96. The Bertz CT molecular complexity index is 444. The molecule has 0 spiro atoms. The molecule has 0 aromatic heterocycles. The molecule has 1 fully saturated rings. The van der Waals surface area contributed by atoms with Crippen LogP contribution in [0.2, 0.25) is 0 Å². The van der Waals surface area contributed by atoms with Crippen LogP contribution in [0.15, 0.2) is 18.2 Å². The molecule has 1 amide bonds. The third kappa shape index (κ3) is 3.80.